The van der Waals surface area contributed by atoms with Gasteiger partial charge in [0.2, 0.25) is 0 Å². The minimum atomic E-state index is -0.0686. The van der Waals surface area contributed by atoms with Gasteiger partial charge in [0, 0.05) is 50.1 Å². The van der Waals surface area contributed by atoms with E-state index in [1.807, 2.05) is 6.92 Å². The third-order valence-electron chi connectivity index (χ3n) is 5.97. The molecule has 8 heteroatoms. The van der Waals surface area contributed by atoms with Crippen LogP contribution in [0.3, 0.4) is 0 Å². The van der Waals surface area contributed by atoms with E-state index in [2.05, 4.69) is 34.4 Å². The van der Waals surface area contributed by atoms with Gasteiger partial charge in [0.05, 0.1) is 10.7 Å². The first-order chi connectivity index (χ1) is 14.7. The molecule has 1 aromatic heterocycles. The predicted octanol–water partition coefficient (Wildman–Crippen LogP) is 5.34. The number of hydrogen-bond acceptors (Lipinski definition) is 5. The highest BCUT2D eigenvalue weighted by molar-refractivity contribution is 6.33. The summed E-state index contributed by atoms with van der Waals surface area (Å²) >= 11 is 6.45. The third kappa shape index (κ3) is 4.87. The van der Waals surface area contributed by atoms with Crippen LogP contribution in [-0.2, 0) is 0 Å². The van der Waals surface area contributed by atoms with Crippen LogP contribution >= 0.6 is 11.6 Å². The van der Waals surface area contributed by atoms with Crippen LogP contribution in [0.2, 0.25) is 5.02 Å². The molecule has 6 nitrogen and oxygen atoms in total. The van der Waals surface area contributed by atoms with Gasteiger partial charge in [0.1, 0.15) is 17.4 Å². The van der Waals surface area contributed by atoms with Gasteiger partial charge in [-0.25, -0.2) is 10.1 Å². The fourth-order valence-electron chi connectivity index (χ4n) is 4.40. The number of allylic oxidation sites excluding steroid dienone is 2. The lowest BCUT2D eigenvalue weighted by atomic mass is 9.93. The number of anilines is 1. The van der Waals surface area contributed by atoms with Crippen molar-refractivity contribution in [2.24, 2.45) is 0 Å². The number of rotatable bonds is 6. The first-order valence-electron chi connectivity index (χ1n) is 10.7. The lowest BCUT2D eigenvalue weighted by molar-refractivity contribution is 0.101. The Morgan fingerprint density at radius 2 is 2.19 bits per heavy atom. The summed E-state index contributed by atoms with van der Waals surface area (Å²) in [4.78, 5) is 8.67. The second-order valence-electron chi connectivity index (χ2n) is 8.13. The van der Waals surface area contributed by atoms with Crippen molar-refractivity contribution in [2.75, 3.05) is 31.6 Å². The molecule has 1 fully saturated rings. The highest BCUT2D eigenvalue weighted by Gasteiger charge is 2.33. The molecule has 0 saturated carbocycles. The Bertz CT molecular complexity index is 927. The van der Waals surface area contributed by atoms with Crippen LogP contribution in [0, 0.1) is 5.41 Å². The van der Waals surface area contributed by atoms with Crippen molar-refractivity contribution in [1.29, 1.82) is 5.41 Å². The zero-order valence-corrected chi connectivity index (χ0v) is 19.2. The molecule has 0 radical (unpaired) electrons. The molecule has 2 aliphatic rings. The molecule has 0 spiro atoms. The fourth-order valence-corrected chi connectivity index (χ4v) is 4.68. The Balaban J connectivity index is 1.86. The number of halogens is 2. The van der Waals surface area contributed by atoms with Gasteiger partial charge in [-0.3, -0.25) is 5.41 Å². The lowest BCUT2D eigenvalue weighted by Gasteiger charge is -2.44. The molecule has 0 amide bonds. The molecule has 1 unspecified atom stereocenters. The van der Waals surface area contributed by atoms with Gasteiger partial charge < -0.3 is 14.9 Å². The Kier molecular flexibility index (Phi) is 7.26. The normalized spacial score (nSPS) is 19.4. The summed E-state index contributed by atoms with van der Waals surface area (Å²) in [6.45, 7) is 9.53. The van der Waals surface area contributed by atoms with Crippen molar-refractivity contribution >= 4 is 29.0 Å². The van der Waals surface area contributed by atoms with Gasteiger partial charge in [-0.05, 0) is 37.8 Å². The Morgan fingerprint density at radius 1 is 1.45 bits per heavy atom. The van der Waals surface area contributed by atoms with E-state index in [1.54, 1.807) is 12.3 Å². The van der Waals surface area contributed by atoms with Gasteiger partial charge in [-0.2, -0.15) is 0 Å². The summed E-state index contributed by atoms with van der Waals surface area (Å²) in [5.74, 6) is 0.981. The van der Waals surface area contributed by atoms with Crippen molar-refractivity contribution in [3.63, 3.8) is 0 Å². The van der Waals surface area contributed by atoms with E-state index in [0.717, 1.165) is 24.8 Å². The molecule has 1 aliphatic heterocycles. The van der Waals surface area contributed by atoms with Crippen molar-refractivity contribution in [2.45, 2.75) is 45.6 Å². The molecule has 2 heterocycles. The summed E-state index contributed by atoms with van der Waals surface area (Å²) in [7, 11) is 1.40. The van der Waals surface area contributed by atoms with E-state index in [9.17, 15) is 9.59 Å². The molecule has 2 N–H and O–H groups in total. The van der Waals surface area contributed by atoms with E-state index in [1.165, 1.54) is 7.05 Å². The Morgan fingerprint density at radius 3 is 2.81 bits per heavy atom. The molecule has 0 bridgehead atoms. The molecular formula is C23H31ClFN5O. The summed E-state index contributed by atoms with van der Waals surface area (Å²) in [6, 6.07) is 1.75. The molecule has 1 atom stereocenters. The zero-order valence-electron chi connectivity index (χ0n) is 18.5. The average molecular weight is 448 g/mol. The summed E-state index contributed by atoms with van der Waals surface area (Å²) in [5.41, 5.74) is 2.73. The number of aliphatic hydroxyl groups is 1. The first-order valence-corrected chi connectivity index (χ1v) is 11.1. The quantitative estimate of drug-likeness (QED) is 0.266. The maximum Gasteiger partial charge on any atom is 0.147 e. The number of aromatic nitrogens is 1. The molecule has 1 saturated heterocycles. The van der Waals surface area contributed by atoms with Crippen LogP contribution in [0.15, 0.2) is 41.8 Å². The van der Waals surface area contributed by atoms with Crippen LogP contribution in [0.25, 0.3) is 5.76 Å². The van der Waals surface area contributed by atoms with E-state index >= 15 is 0 Å². The minimum absolute atomic E-state index is 0.0686. The predicted molar refractivity (Wildman–Crippen MR) is 125 cm³/mol. The van der Waals surface area contributed by atoms with Crippen molar-refractivity contribution in [3.05, 3.63) is 52.3 Å². The summed E-state index contributed by atoms with van der Waals surface area (Å²) in [5, 5.41) is 19.7. The van der Waals surface area contributed by atoms with Crippen LogP contribution in [0.4, 0.5) is 10.3 Å². The van der Waals surface area contributed by atoms with E-state index in [4.69, 9.17) is 17.0 Å². The number of piperazine rings is 1. The second-order valence-corrected chi connectivity index (χ2v) is 8.54. The largest absolute Gasteiger partial charge is 0.508 e. The monoisotopic (exact) mass is 447 g/mol. The zero-order chi connectivity index (χ0) is 22.7. The Hall–Kier alpha value is -2.54. The highest BCUT2D eigenvalue weighted by Crippen LogP contribution is 2.32. The third-order valence-corrected chi connectivity index (χ3v) is 6.25. The SMILES string of the molecule is C=C(O)c1cnc(N2CCN(C(=N)C3=C(N(C)F)CCC=C3C)C(CCC)C2)c(Cl)c1. The number of nitrogens with zero attached hydrogens (tertiary/aromatic N) is 4. The van der Waals surface area contributed by atoms with Crippen LogP contribution in [-0.4, -0.2) is 58.7 Å². The first kappa shape index (κ1) is 23.1. The summed E-state index contributed by atoms with van der Waals surface area (Å²) in [6.07, 6.45) is 6.91. The second kappa shape index (κ2) is 9.73. The minimum Gasteiger partial charge on any atom is -0.508 e. The molecule has 1 aromatic rings. The number of amidine groups is 1. The number of aliphatic hydroxyl groups excluding tert-OH is 1. The smallest absolute Gasteiger partial charge is 0.147 e. The van der Waals surface area contributed by atoms with E-state index < -0.39 is 0 Å². The van der Waals surface area contributed by atoms with Gasteiger partial charge in [0.15, 0.2) is 0 Å². The molecule has 168 valence electrons. The van der Waals surface area contributed by atoms with Gasteiger partial charge in [-0.1, -0.05) is 37.6 Å². The van der Waals surface area contributed by atoms with Crippen LogP contribution in [0.1, 0.15) is 45.1 Å². The van der Waals surface area contributed by atoms with E-state index in [-0.39, 0.29) is 11.8 Å². The highest BCUT2D eigenvalue weighted by atomic mass is 35.5. The summed E-state index contributed by atoms with van der Waals surface area (Å²) < 4.78 is 14.2. The standard InChI is InChI=1S/C23H31ClFN5O/c1-5-7-18-14-29(23-19(24)12-17(13-27-23)16(3)31)10-11-30(18)22(26)21-15(2)8-6-9-20(21)28(4)25/h8,12-13,18,26,31H,3,5-7,9-11,14H2,1-2,4H3. The average Bonchev–Trinajstić information content (AvgIpc) is 2.73. The molecule has 3 rings (SSSR count). The fraction of sp³-hybridized carbons (Fsp3) is 0.478. The molecular weight excluding hydrogens is 417 g/mol. The Labute approximate surface area is 188 Å². The van der Waals surface area contributed by atoms with Crippen LogP contribution < -0.4 is 4.90 Å². The maximum absolute atomic E-state index is 14.2. The van der Waals surface area contributed by atoms with Crippen LogP contribution in [0.5, 0.6) is 0 Å². The molecule has 31 heavy (non-hydrogen) atoms. The van der Waals surface area contributed by atoms with Crippen molar-refractivity contribution < 1.29 is 9.59 Å². The van der Waals surface area contributed by atoms with Crippen molar-refractivity contribution in [3.8, 4) is 0 Å². The van der Waals surface area contributed by atoms with E-state index in [0.29, 0.717) is 64.7 Å². The topological polar surface area (TPSA) is 66.7 Å². The molecule has 1 aliphatic carbocycles. The molecule has 0 aromatic carbocycles. The maximum atomic E-state index is 14.2. The van der Waals surface area contributed by atoms with Gasteiger partial charge >= 0.3 is 0 Å². The van der Waals surface area contributed by atoms with Gasteiger partial charge in [-0.15, -0.1) is 4.48 Å². The van der Waals surface area contributed by atoms with Crippen molar-refractivity contribution in [1.82, 2.24) is 15.0 Å². The number of pyridine rings is 1. The number of nitrogens with one attached hydrogen (secondary N) is 1. The number of hydrogen-bond donors (Lipinski definition) is 2. The van der Waals surface area contributed by atoms with Gasteiger partial charge in [0.25, 0.3) is 0 Å². The lowest BCUT2D eigenvalue weighted by Crippen LogP contribution is -2.56.